The van der Waals surface area contributed by atoms with Gasteiger partial charge in [0.2, 0.25) is 5.91 Å². The number of carboxylic acid groups (broad SMARTS) is 1. The monoisotopic (exact) mass is 312 g/mol. The number of rotatable bonds is 5. The first-order valence-electron chi connectivity index (χ1n) is 7.04. The van der Waals surface area contributed by atoms with Gasteiger partial charge in [0.25, 0.3) is 5.91 Å². The summed E-state index contributed by atoms with van der Waals surface area (Å²) in [6.07, 6.45) is 0.354. The summed E-state index contributed by atoms with van der Waals surface area (Å²) < 4.78 is 0. The molecule has 118 valence electrons. The van der Waals surface area contributed by atoms with E-state index in [9.17, 15) is 14.4 Å². The van der Waals surface area contributed by atoms with Crippen molar-refractivity contribution >= 4 is 29.2 Å². The van der Waals surface area contributed by atoms with E-state index in [4.69, 9.17) is 5.11 Å². The SMILES string of the molecule is CCC(=O)Nc1cccc(C(=O)Nc2ccc(C(=O)O)cc2)c1. The van der Waals surface area contributed by atoms with E-state index < -0.39 is 5.97 Å². The van der Waals surface area contributed by atoms with E-state index in [0.29, 0.717) is 23.4 Å². The Kier molecular flexibility index (Phi) is 5.09. The molecule has 23 heavy (non-hydrogen) atoms. The highest BCUT2D eigenvalue weighted by atomic mass is 16.4. The van der Waals surface area contributed by atoms with Crippen LogP contribution >= 0.6 is 0 Å². The molecule has 0 atom stereocenters. The average Bonchev–Trinajstić information content (AvgIpc) is 2.55. The van der Waals surface area contributed by atoms with Crippen LogP contribution in [0.3, 0.4) is 0 Å². The lowest BCUT2D eigenvalue weighted by molar-refractivity contribution is -0.115. The molecule has 0 aliphatic heterocycles. The number of anilines is 2. The van der Waals surface area contributed by atoms with Gasteiger partial charge in [0.1, 0.15) is 0 Å². The number of hydrogen-bond acceptors (Lipinski definition) is 3. The van der Waals surface area contributed by atoms with Crippen LogP contribution in [0.4, 0.5) is 11.4 Å². The number of carboxylic acids is 1. The number of hydrogen-bond donors (Lipinski definition) is 3. The van der Waals surface area contributed by atoms with Crippen LogP contribution in [0.1, 0.15) is 34.1 Å². The number of benzene rings is 2. The maximum Gasteiger partial charge on any atom is 0.335 e. The van der Waals surface area contributed by atoms with Crippen LogP contribution in [-0.4, -0.2) is 22.9 Å². The highest BCUT2D eigenvalue weighted by molar-refractivity contribution is 6.05. The van der Waals surface area contributed by atoms with E-state index in [1.807, 2.05) is 0 Å². The number of amides is 2. The van der Waals surface area contributed by atoms with Gasteiger partial charge in [0.05, 0.1) is 5.56 Å². The maximum absolute atomic E-state index is 12.2. The number of carbonyl (C=O) groups is 3. The molecular weight excluding hydrogens is 296 g/mol. The molecule has 0 aromatic heterocycles. The van der Waals surface area contributed by atoms with Gasteiger partial charge in [-0.15, -0.1) is 0 Å². The lowest BCUT2D eigenvalue weighted by Crippen LogP contribution is -2.14. The van der Waals surface area contributed by atoms with E-state index in [1.54, 1.807) is 31.2 Å². The van der Waals surface area contributed by atoms with Crippen molar-refractivity contribution in [3.63, 3.8) is 0 Å². The molecular formula is C17H16N2O4. The minimum Gasteiger partial charge on any atom is -0.478 e. The second-order valence-electron chi connectivity index (χ2n) is 4.82. The lowest BCUT2D eigenvalue weighted by atomic mass is 10.1. The summed E-state index contributed by atoms with van der Waals surface area (Å²) in [5.74, 6) is -1.50. The van der Waals surface area contributed by atoms with Crippen molar-refractivity contribution in [2.24, 2.45) is 0 Å². The fraction of sp³-hybridized carbons (Fsp3) is 0.118. The molecule has 0 aliphatic carbocycles. The Morgan fingerprint density at radius 2 is 1.61 bits per heavy atom. The Bertz CT molecular complexity index is 739. The van der Waals surface area contributed by atoms with Crippen molar-refractivity contribution in [2.45, 2.75) is 13.3 Å². The molecule has 0 fully saturated rings. The second-order valence-corrected chi connectivity index (χ2v) is 4.82. The first-order valence-corrected chi connectivity index (χ1v) is 7.04. The first-order chi connectivity index (χ1) is 11.0. The van der Waals surface area contributed by atoms with Gasteiger partial charge in [-0.05, 0) is 42.5 Å². The predicted octanol–water partition coefficient (Wildman–Crippen LogP) is 2.99. The fourth-order valence-electron chi connectivity index (χ4n) is 1.89. The van der Waals surface area contributed by atoms with Crippen LogP contribution in [0.2, 0.25) is 0 Å². The summed E-state index contributed by atoms with van der Waals surface area (Å²) in [5, 5.41) is 14.2. The van der Waals surface area contributed by atoms with Crippen molar-refractivity contribution < 1.29 is 19.5 Å². The summed E-state index contributed by atoms with van der Waals surface area (Å²) in [4.78, 5) is 34.4. The van der Waals surface area contributed by atoms with Crippen LogP contribution in [0.5, 0.6) is 0 Å². The third-order valence-corrected chi connectivity index (χ3v) is 3.12. The van der Waals surface area contributed by atoms with E-state index >= 15 is 0 Å². The Balaban J connectivity index is 2.09. The number of carbonyl (C=O) groups excluding carboxylic acids is 2. The van der Waals surface area contributed by atoms with Gasteiger partial charge >= 0.3 is 5.97 Å². The Morgan fingerprint density at radius 1 is 0.913 bits per heavy atom. The molecule has 6 heteroatoms. The molecule has 2 amide bonds. The molecule has 0 saturated carbocycles. The molecule has 0 saturated heterocycles. The topological polar surface area (TPSA) is 95.5 Å². The van der Waals surface area contributed by atoms with Gasteiger partial charge in [0.15, 0.2) is 0 Å². The fourth-order valence-corrected chi connectivity index (χ4v) is 1.89. The smallest absolute Gasteiger partial charge is 0.335 e. The summed E-state index contributed by atoms with van der Waals surface area (Å²) in [7, 11) is 0. The van der Waals surface area contributed by atoms with E-state index in [0.717, 1.165) is 0 Å². The molecule has 0 heterocycles. The minimum atomic E-state index is -1.03. The standard InChI is InChI=1S/C17H16N2O4/c1-2-15(20)18-14-5-3-4-12(10-14)16(21)19-13-8-6-11(7-9-13)17(22)23/h3-10H,2H2,1H3,(H,18,20)(H,19,21)(H,22,23). The third-order valence-electron chi connectivity index (χ3n) is 3.12. The average molecular weight is 312 g/mol. The minimum absolute atomic E-state index is 0.133. The summed E-state index contributed by atoms with van der Waals surface area (Å²) in [5.41, 5.74) is 1.57. The zero-order valence-electron chi connectivity index (χ0n) is 12.5. The van der Waals surface area contributed by atoms with Gasteiger partial charge in [-0.2, -0.15) is 0 Å². The largest absolute Gasteiger partial charge is 0.478 e. The predicted molar refractivity (Wildman–Crippen MR) is 86.7 cm³/mol. The lowest BCUT2D eigenvalue weighted by Gasteiger charge is -2.08. The highest BCUT2D eigenvalue weighted by Gasteiger charge is 2.09. The Labute approximate surface area is 133 Å². The molecule has 0 radical (unpaired) electrons. The van der Waals surface area contributed by atoms with Gasteiger partial charge in [-0.25, -0.2) is 4.79 Å². The summed E-state index contributed by atoms with van der Waals surface area (Å²) in [6.45, 7) is 1.74. The van der Waals surface area contributed by atoms with Gasteiger partial charge in [0, 0.05) is 23.4 Å². The molecule has 6 nitrogen and oxygen atoms in total. The van der Waals surface area contributed by atoms with Gasteiger partial charge < -0.3 is 15.7 Å². The van der Waals surface area contributed by atoms with Crippen LogP contribution < -0.4 is 10.6 Å². The molecule has 0 aliphatic rings. The summed E-state index contributed by atoms with van der Waals surface area (Å²) in [6, 6.07) is 12.4. The van der Waals surface area contributed by atoms with Gasteiger partial charge in [-0.1, -0.05) is 13.0 Å². The third kappa shape index (κ3) is 4.41. The summed E-state index contributed by atoms with van der Waals surface area (Å²) >= 11 is 0. The molecule has 0 bridgehead atoms. The molecule has 3 N–H and O–H groups in total. The van der Waals surface area contributed by atoms with Crippen molar-refractivity contribution in [3.05, 3.63) is 59.7 Å². The zero-order valence-corrected chi connectivity index (χ0v) is 12.5. The normalized spacial score (nSPS) is 9.96. The Hall–Kier alpha value is -3.15. The molecule has 2 aromatic rings. The van der Waals surface area contributed by atoms with Crippen molar-refractivity contribution in [1.82, 2.24) is 0 Å². The van der Waals surface area contributed by atoms with Crippen LogP contribution in [0, 0.1) is 0 Å². The quantitative estimate of drug-likeness (QED) is 0.791. The Morgan fingerprint density at radius 3 is 2.22 bits per heavy atom. The van der Waals surface area contributed by atoms with Crippen LogP contribution in [0.15, 0.2) is 48.5 Å². The number of nitrogens with one attached hydrogen (secondary N) is 2. The van der Waals surface area contributed by atoms with E-state index in [1.165, 1.54) is 24.3 Å². The van der Waals surface area contributed by atoms with Crippen LogP contribution in [0.25, 0.3) is 0 Å². The molecule has 0 unspecified atom stereocenters. The van der Waals surface area contributed by atoms with Crippen molar-refractivity contribution in [3.8, 4) is 0 Å². The molecule has 2 rings (SSSR count). The highest BCUT2D eigenvalue weighted by Crippen LogP contribution is 2.14. The van der Waals surface area contributed by atoms with E-state index in [2.05, 4.69) is 10.6 Å². The first kappa shape index (κ1) is 16.2. The van der Waals surface area contributed by atoms with Crippen molar-refractivity contribution in [1.29, 1.82) is 0 Å². The maximum atomic E-state index is 12.2. The molecule has 0 spiro atoms. The zero-order chi connectivity index (χ0) is 16.8. The van der Waals surface area contributed by atoms with Crippen molar-refractivity contribution in [2.75, 3.05) is 10.6 Å². The van der Waals surface area contributed by atoms with E-state index in [-0.39, 0.29) is 17.4 Å². The van der Waals surface area contributed by atoms with Gasteiger partial charge in [-0.3, -0.25) is 9.59 Å². The van der Waals surface area contributed by atoms with Crippen LogP contribution in [-0.2, 0) is 4.79 Å². The number of aromatic carboxylic acids is 1. The second kappa shape index (κ2) is 7.22. The molecule has 2 aromatic carbocycles.